The predicted molar refractivity (Wildman–Crippen MR) is 65.0 cm³/mol. The molecule has 0 aromatic carbocycles. The fourth-order valence-electron chi connectivity index (χ4n) is 1.34. The molecule has 0 spiro atoms. The van der Waals surface area contributed by atoms with Crippen LogP contribution in [-0.2, 0) is 19.1 Å². The van der Waals surface area contributed by atoms with E-state index >= 15 is 0 Å². The van der Waals surface area contributed by atoms with Crippen molar-refractivity contribution in [3.05, 3.63) is 0 Å². The Morgan fingerprint density at radius 1 is 1.61 bits per heavy atom. The minimum atomic E-state index is -0.672. The van der Waals surface area contributed by atoms with Crippen LogP contribution in [0.4, 0.5) is 4.79 Å². The number of nitrogens with two attached hydrogens (primary N) is 1. The number of cyclic esters (lactones) is 1. The topological polar surface area (TPSA) is 98.9 Å². The van der Waals surface area contributed by atoms with Crippen LogP contribution in [0.2, 0.25) is 0 Å². The Balaban J connectivity index is 2.16. The first kappa shape index (κ1) is 14.8. The first-order valence-corrected chi connectivity index (χ1v) is 6.60. The lowest BCUT2D eigenvalue weighted by atomic mass is 10.2. The number of thioether (sulfide) groups is 1. The Hall–Kier alpha value is -1.28. The van der Waals surface area contributed by atoms with Crippen molar-refractivity contribution < 1.29 is 23.9 Å². The number of methoxy groups -OCH3 is 1. The molecule has 18 heavy (non-hydrogen) atoms. The highest BCUT2D eigenvalue weighted by molar-refractivity contribution is 7.99. The summed E-state index contributed by atoms with van der Waals surface area (Å²) in [6, 6.07) is -0.672. The van der Waals surface area contributed by atoms with E-state index in [2.05, 4.69) is 9.47 Å². The third-order valence-electron chi connectivity index (χ3n) is 2.36. The van der Waals surface area contributed by atoms with E-state index in [1.807, 2.05) is 0 Å². The molecular formula is C10H16N2O5S. The van der Waals surface area contributed by atoms with E-state index in [0.29, 0.717) is 18.7 Å². The second kappa shape index (κ2) is 7.22. The molecule has 7 nitrogen and oxygen atoms in total. The second-order valence-corrected chi connectivity index (χ2v) is 4.74. The van der Waals surface area contributed by atoms with E-state index < -0.39 is 18.1 Å². The van der Waals surface area contributed by atoms with Crippen LogP contribution in [0.25, 0.3) is 0 Å². The van der Waals surface area contributed by atoms with Crippen molar-refractivity contribution in [3.63, 3.8) is 0 Å². The van der Waals surface area contributed by atoms with Crippen LogP contribution in [0, 0.1) is 0 Å². The largest absolute Gasteiger partial charge is 0.468 e. The summed E-state index contributed by atoms with van der Waals surface area (Å²) < 4.78 is 9.13. The molecule has 0 aromatic heterocycles. The van der Waals surface area contributed by atoms with Crippen LogP contribution in [0.5, 0.6) is 0 Å². The standard InChI is InChI=1S/C10H16N2O5S/c1-16-9(14)7(11)2-5-18-6-8(13)12-3-4-17-10(12)15/h7H,2-6,11H2,1H3. The van der Waals surface area contributed by atoms with Gasteiger partial charge in [-0.25, -0.2) is 9.69 Å². The number of amides is 2. The zero-order chi connectivity index (χ0) is 13.5. The van der Waals surface area contributed by atoms with Crippen LogP contribution in [0.3, 0.4) is 0 Å². The third-order valence-corrected chi connectivity index (χ3v) is 3.34. The smallest absolute Gasteiger partial charge is 0.416 e. The van der Waals surface area contributed by atoms with Gasteiger partial charge < -0.3 is 15.2 Å². The molecule has 8 heteroatoms. The van der Waals surface area contributed by atoms with Gasteiger partial charge in [0.25, 0.3) is 0 Å². The molecule has 0 radical (unpaired) electrons. The van der Waals surface area contributed by atoms with Gasteiger partial charge in [-0.15, -0.1) is 0 Å². The maximum atomic E-state index is 11.6. The average molecular weight is 276 g/mol. The highest BCUT2D eigenvalue weighted by atomic mass is 32.2. The van der Waals surface area contributed by atoms with Crippen molar-refractivity contribution in [2.24, 2.45) is 5.73 Å². The quantitative estimate of drug-likeness (QED) is 0.520. The van der Waals surface area contributed by atoms with Gasteiger partial charge in [0, 0.05) is 0 Å². The first-order valence-electron chi connectivity index (χ1n) is 5.44. The monoisotopic (exact) mass is 276 g/mol. The number of rotatable bonds is 6. The summed E-state index contributed by atoms with van der Waals surface area (Å²) in [7, 11) is 1.28. The molecule has 0 aromatic rings. The zero-order valence-electron chi connectivity index (χ0n) is 10.1. The Morgan fingerprint density at radius 3 is 2.89 bits per heavy atom. The van der Waals surface area contributed by atoms with Gasteiger partial charge in [-0.2, -0.15) is 11.8 Å². The van der Waals surface area contributed by atoms with Crippen LogP contribution in [0.1, 0.15) is 6.42 Å². The molecule has 1 aliphatic heterocycles. The number of hydrogen-bond acceptors (Lipinski definition) is 7. The van der Waals surface area contributed by atoms with Crippen molar-refractivity contribution in [1.29, 1.82) is 0 Å². The Bertz CT molecular complexity index is 336. The van der Waals surface area contributed by atoms with Crippen LogP contribution in [0.15, 0.2) is 0 Å². The van der Waals surface area contributed by atoms with Crippen molar-refractivity contribution >= 4 is 29.7 Å². The number of carbonyl (C=O) groups is 3. The molecule has 0 aliphatic carbocycles. The second-order valence-electron chi connectivity index (χ2n) is 3.63. The molecule has 1 rings (SSSR count). The zero-order valence-corrected chi connectivity index (χ0v) is 10.9. The number of carbonyl (C=O) groups excluding carboxylic acids is 3. The average Bonchev–Trinajstić information content (AvgIpc) is 2.79. The highest BCUT2D eigenvalue weighted by Crippen LogP contribution is 2.10. The van der Waals surface area contributed by atoms with E-state index in [9.17, 15) is 14.4 Å². The van der Waals surface area contributed by atoms with Gasteiger partial charge in [0.2, 0.25) is 5.91 Å². The lowest BCUT2D eigenvalue weighted by molar-refractivity contribution is -0.142. The molecule has 1 heterocycles. The number of hydrogen-bond donors (Lipinski definition) is 1. The molecular weight excluding hydrogens is 260 g/mol. The predicted octanol–water partition coefficient (Wildman–Crippen LogP) is -0.411. The van der Waals surface area contributed by atoms with Crippen LogP contribution >= 0.6 is 11.8 Å². The Kier molecular flexibility index (Phi) is 5.93. The third kappa shape index (κ3) is 4.19. The molecule has 2 amide bonds. The molecule has 1 fully saturated rings. The normalized spacial score (nSPS) is 16.3. The minimum absolute atomic E-state index is 0.170. The van der Waals surface area contributed by atoms with Gasteiger partial charge in [-0.05, 0) is 12.2 Å². The molecule has 0 bridgehead atoms. The fourth-order valence-corrected chi connectivity index (χ4v) is 2.23. The molecule has 102 valence electrons. The SMILES string of the molecule is COC(=O)C(N)CCSCC(=O)N1CCOC1=O. The molecule has 1 saturated heterocycles. The lowest BCUT2D eigenvalue weighted by Gasteiger charge is -2.11. The molecule has 1 aliphatic rings. The maximum Gasteiger partial charge on any atom is 0.416 e. The molecule has 1 atom stereocenters. The van der Waals surface area contributed by atoms with Gasteiger partial charge in [0.15, 0.2) is 0 Å². The Labute approximate surface area is 109 Å². The lowest BCUT2D eigenvalue weighted by Crippen LogP contribution is -2.34. The van der Waals surface area contributed by atoms with Gasteiger partial charge in [0.05, 0.1) is 19.4 Å². The molecule has 1 unspecified atom stereocenters. The first-order chi connectivity index (χ1) is 8.56. The number of nitrogens with zero attached hydrogens (tertiary/aromatic N) is 1. The number of imide groups is 1. The molecule has 0 saturated carbocycles. The fraction of sp³-hybridized carbons (Fsp3) is 0.700. The van der Waals surface area contributed by atoms with E-state index in [-0.39, 0.29) is 18.3 Å². The number of esters is 1. The van der Waals surface area contributed by atoms with Crippen molar-refractivity contribution in [2.45, 2.75) is 12.5 Å². The van der Waals surface area contributed by atoms with E-state index in [1.54, 1.807) is 0 Å². The molecule has 2 N–H and O–H groups in total. The van der Waals surface area contributed by atoms with E-state index in [4.69, 9.17) is 5.73 Å². The van der Waals surface area contributed by atoms with E-state index in [0.717, 1.165) is 4.90 Å². The van der Waals surface area contributed by atoms with Crippen molar-refractivity contribution in [2.75, 3.05) is 31.8 Å². The highest BCUT2D eigenvalue weighted by Gasteiger charge is 2.27. The van der Waals surface area contributed by atoms with Gasteiger partial charge in [-0.1, -0.05) is 0 Å². The maximum absolute atomic E-state index is 11.6. The summed E-state index contributed by atoms with van der Waals surface area (Å²) in [5.74, 6) is -0.0346. The summed E-state index contributed by atoms with van der Waals surface area (Å²) in [6.07, 6.45) is -0.165. The van der Waals surface area contributed by atoms with Gasteiger partial charge in [0.1, 0.15) is 12.6 Å². The number of ether oxygens (including phenoxy) is 2. The van der Waals surface area contributed by atoms with Crippen LogP contribution < -0.4 is 5.73 Å². The van der Waals surface area contributed by atoms with Gasteiger partial charge in [-0.3, -0.25) is 9.59 Å². The minimum Gasteiger partial charge on any atom is -0.468 e. The van der Waals surface area contributed by atoms with Crippen LogP contribution in [-0.4, -0.2) is 60.7 Å². The van der Waals surface area contributed by atoms with E-state index in [1.165, 1.54) is 18.9 Å². The summed E-state index contributed by atoms with van der Waals surface area (Å²) in [5, 5.41) is 0. The summed E-state index contributed by atoms with van der Waals surface area (Å²) in [6.45, 7) is 0.558. The van der Waals surface area contributed by atoms with Crippen molar-refractivity contribution in [1.82, 2.24) is 4.90 Å². The Morgan fingerprint density at radius 2 is 2.33 bits per heavy atom. The summed E-state index contributed by atoms with van der Waals surface area (Å²) >= 11 is 1.32. The summed E-state index contributed by atoms with van der Waals surface area (Å²) in [5.41, 5.74) is 5.53. The van der Waals surface area contributed by atoms with Crippen molar-refractivity contribution in [3.8, 4) is 0 Å². The van der Waals surface area contributed by atoms with Gasteiger partial charge >= 0.3 is 12.1 Å². The summed E-state index contributed by atoms with van der Waals surface area (Å²) in [4.78, 5) is 34.7.